The van der Waals surface area contributed by atoms with Crippen molar-refractivity contribution in [1.29, 1.82) is 0 Å². The molecule has 1 aromatic carbocycles. The van der Waals surface area contributed by atoms with Crippen molar-refractivity contribution in [2.24, 2.45) is 5.73 Å². The Morgan fingerprint density at radius 1 is 1.47 bits per heavy atom. The Hall–Kier alpha value is -0.620. The van der Waals surface area contributed by atoms with Gasteiger partial charge in [0.1, 0.15) is 6.04 Å². The summed E-state index contributed by atoms with van der Waals surface area (Å²) in [7, 11) is 1.54. The van der Waals surface area contributed by atoms with E-state index >= 15 is 0 Å². The minimum atomic E-state index is -0.608. The largest absolute Gasteiger partial charge is 0.383 e. The summed E-state index contributed by atoms with van der Waals surface area (Å²) >= 11 is 3.40. The highest BCUT2D eigenvalue weighted by atomic mass is 79.9. The molecule has 0 bridgehead atoms. The van der Waals surface area contributed by atoms with Crippen molar-refractivity contribution in [2.75, 3.05) is 13.7 Å². The Bertz CT molecular complexity index is 435. The molecule has 0 radical (unpaired) electrons. The van der Waals surface area contributed by atoms with Gasteiger partial charge in [0, 0.05) is 11.6 Å². The van der Waals surface area contributed by atoms with Gasteiger partial charge in [0.15, 0.2) is 0 Å². The molecule has 0 heterocycles. The zero-order valence-corrected chi connectivity index (χ0v) is 13.1. The van der Waals surface area contributed by atoms with Gasteiger partial charge in [-0.2, -0.15) is 0 Å². The molecule has 0 spiro atoms. The molecule has 2 rings (SSSR count). The van der Waals surface area contributed by atoms with Gasteiger partial charge in [-0.25, -0.2) is 0 Å². The van der Waals surface area contributed by atoms with E-state index in [1.807, 2.05) is 24.3 Å². The monoisotopic (exact) mass is 348 g/mol. The first-order valence-corrected chi connectivity index (χ1v) is 6.69. The van der Waals surface area contributed by atoms with Gasteiger partial charge < -0.3 is 15.8 Å². The smallest absolute Gasteiger partial charge is 0.239 e. The number of hydrogen-bond acceptors (Lipinski definition) is 3. The van der Waals surface area contributed by atoms with Crippen molar-refractivity contribution in [3.05, 3.63) is 34.3 Å². The van der Waals surface area contributed by atoms with E-state index in [2.05, 4.69) is 21.2 Å². The second-order valence-electron chi connectivity index (χ2n) is 4.64. The summed E-state index contributed by atoms with van der Waals surface area (Å²) in [6.45, 7) is 0.238. The minimum absolute atomic E-state index is 0. The van der Waals surface area contributed by atoms with Crippen molar-refractivity contribution >= 4 is 34.2 Å². The van der Waals surface area contributed by atoms with Crippen LogP contribution in [-0.4, -0.2) is 25.7 Å². The molecular formula is C13H18BrClN2O2. The third-order valence-electron chi connectivity index (χ3n) is 3.19. The Balaban J connectivity index is 0.00000180. The van der Waals surface area contributed by atoms with Crippen LogP contribution in [0, 0.1) is 0 Å². The quantitative estimate of drug-likeness (QED) is 0.854. The van der Waals surface area contributed by atoms with Crippen LogP contribution in [0.25, 0.3) is 0 Å². The summed E-state index contributed by atoms with van der Waals surface area (Å²) in [5.74, 6) is -0.155. The molecule has 3 N–H and O–H groups in total. The highest BCUT2D eigenvalue weighted by Crippen LogP contribution is 2.45. The first-order valence-electron chi connectivity index (χ1n) is 5.90. The van der Waals surface area contributed by atoms with Gasteiger partial charge in [0.05, 0.1) is 12.1 Å². The lowest BCUT2D eigenvalue weighted by atomic mass is 10.0. The van der Waals surface area contributed by atoms with E-state index in [0.29, 0.717) is 0 Å². The topological polar surface area (TPSA) is 64.3 Å². The summed E-state index contributed by atoms with van der Waals surface area (Å²) in [6.07, 6.45) is 1.92. The minimum Gasteiger partial charge on any atom is -0.383 e. The number of methoxy groups -OCH3 is 1. The maximum absolute atomic E-state index is 11.9. The third-order valence-corrected chi connectivity index (χ3v) is 3.72. The van der Waals surface area contributed by atoms with Crippen molar-refractivity contribution in [3.8, 4) is 0 Å². The summed E-state index contributed by atoms with van der Waals surface area (Å²) in [4.78, 5) is 11.9. The number of carbonyl (C=O) groups is 1. The van der Waals surface area contributed by atoms with Crippen molar-refractivity contribution in [2.45, 2.75) is 24.4 Å². The maximum atomic E-state index is 11.9. The third kappa shape index (κ3) is 3.92. The average Bonchev–Trinajstić information content (AvgIpc) is 3.11. The maximum Gasteiger partial charge on any atom is 0.239 e. The van der Waals surface area contributed by atoms with Gasteiger partial charge in [0.2, 0.25) is 5.91 Å². The standard InChI is InChI=1S/C13H17BrN2O2.ClH/c1-18-8-11(15)12(17)16-13(6-7-13)9-2-4-10(14)5-3-9;/h2-5,11H,6-8,15H2,1H3,(H,16,17);1H. The van der Waals surface area contributed by atoms with Crippen LogP contribution in [0.3, 0.4) is 0 Å². The molecule has 4 nitrogen and oxygen atoms in total. The van der Waals surface area contributed by atoms with E-state index in [0.717, 1.165) is 22.9 Å². The van der Waals surface area contributed by atoms with Crippen molar-refractivity contribution < 1.29 is 9.53 Å². The van der Waals surface area contributed by atoms with Crippen LogP contribution in [0.5, 0.6) is 0 Å². The number of amides is 1. The zero-order chi connectivity index (χ0) is 13.2. The number of hydrogen-bond donors (Lipinski definition) is 2. The van der Waals surface area contributed by atoms with Gasteiger partial charge in [-0.3, -0.25) is 4.79 Å². The second kappa shape index (κ2) is 6.70. The van der Waals surface area contributed by atoms with E-state index in [1.165, 1.54) is 7.11 Å². The number of carbonyl (C=O) groups excluding carboxylic acids is 1. The molecule has 1 saturated carbocycles. The molecule has 0 saturated heterocycles. The molecule has 1 aliphatic carbocycles. The molecule has 1 unspecified atom stereocenters. The summed E-state index contributed by atoms with van der Waals surface area (Å²) in [5.41, 5.74) is 6.63. The first-order chi connectivity index (χ1) is 8.57. The molecule has 0 aliphatic heterocycles. The lowest BCUT2D eigenvalue weighted by Gasteiger charge is -2.20. The van der Waals surface area contributed by atoms with Crippen molar-refractivity contribution in [1.82, 2.24) is 5.32 Å². The molecule has 1 aromatic rings. The molecule has 106 valence electrons. The summed E-state index contributed by atoms with van der Waals surface area (Å²) in [6, 6.07) is 7.41. The molecule has 1 amide bonds. The number of nitrogens with two attached hydrogens (primary N) is 1. The fraction of sp³-hybridized carbons (Fsp3) is 0.462. The van der Waals surface area contributed by atoms with Crippen LogP contribution < -0.4 is 11.1 Å². The molecule has 1 atom stereocenters. The number of nitrogens with one attached hydrogen (secondary N) is 1. The van der Waals surface area contributed by atoms with Gasteiger partial charge in [-0.15, -0.1) is 12.4 Å². The summed E-state index contributed by atoms with van der Waals surface area (Å²) < 4.78 is 5.92. The highest BCUT2D eigenvalue weighted by Gasteiger charge is 2.46. The number of benzene rings is 1. The fourth-order valence-electron chi connectivity index (χ4n) is 1.96. The number of halogens is 2. The van der Waals surface area contributed by atoms with Crippen LogP contribution in [0.15, 0.2) is 28.7 Å². The highest BCUT2D eigenvalue weighted by molar-refractivity contribution is 9.10. The Labute approximate surface area is 127 Å². The van der Waals surface area contributed by atoms with Crippen LogP contribution in [0.1, 0.15) is 18.4 Å². The van der Waals surface area contributed by atoms with Crippen LogP contribution in [-0.2, 0) is 15.1 Å². The normalized spacial score (nSPS) is 17.2. The molecular weight excluding hydrogens is 332 g/mol. The summed E-state index contributed by atoms with van der Waals surface area (Å²) in [5, 5.41) is 3.03. The van der Waals surface area contributed by atoms with E-state index in [4.69, 9.17) is 10.5 Å². The van der Waals surface area contributed by atoms with Crippen molar-refractivity contribution in [3.63, 3.8) is 0 Å². The number of rotatable bonds is 5. The van der Waals surface area contributed by atoms with Crippen LogP contribution >= 0.6 is 28.3 Å². The van der Waals surface area contributed by atoms with E-state index in [-0.39, 0.29) is 30.5 Å². The number of ether oxygens (including phenoxy) is 1. The lowest BCUT2D eigenvalue weighted by Crippen LogP contribution is -2.47. The second-order valence-corrected chi connectivity index (χ2v) is 5.56. The lowest BCUT2D eigenvalue weighted by molar-refractivity contribution is -0.124. The predicted octanol–water partition coefficient (Wildman–Crippen LogP) is 1.95. The SMILES string of the molecule is COCC(N)C(=O)NC1(c2ccc(Br)cc2)CC1.Cl. The van der Waals surface area contributed by atoms with Crippen LogP contribution in [0.2, 0.25) is 0 Å². The Morgan fingerprint density at radius 3 is 2.53 bits per heavy atom. The Morgan fingerprint density at radius 2 is 2.05 bits per heavy atom. The van der Waals surface area contributed by atoms with Gasteiger partial charge in [-0.05, 0) is 30.5 Å². The van der Waals surface area contributed by atoms with Crippen LogP contribution in [0.4, 0.5) is 0 Å². The first kappa shape index (κ1) is 16.4. The molecule has 19 heavy (non-hydrogen) atoms. The predicted molar refractivity (Wildman–Crippen MR) is 80.3 cm³/mol. The fourth-order valence-corrected chi connectivity index (χ4v) is 2.23. The average molecular weight is 350 g/mol. The van der Waals surface area contributed by atoms with Gasteiger partial charge >= 0.3 is 0 Å². The molecule has 0 aromatic heterocycles. The van der Waals surface area contributed by atoms with Gasteiger partial charge in [-0.1, -0.05) is 28.1 Å². The molecule has 1 fully saturated rings. The van der Waals surface area contributed by atoms with E-state index < -0.39 is 6.04 Å². The zero-order valence-electron chi connectivity index (χ0n) is 10.7. The molecule has 6 heteroatoms. The van der Waals surface area contributed by atoms with E-state index in [1.54, 1.807) is 0 Å². The molecule has 1 aliphatic rings. The van der Waals surface area contributed by atoms with E-state index in [9.17, 15) is 4.79 Å². The Kier molecular flexibility index (Phi) is 5.80. The van der Waals surface area contributed by atoms with Gasteiger partial charge in [0.25, 0.3) is 0 Å².